The number of rotatable bonds is 4. The smallest absolute Gasteiger partial charge is 0.136 e. The van der Waals surface area contributed by atoms with Gasteiger partial charge >= 0.3 is 0 Å². The van der Waals surface area contributed by atoms with Crippen LogP contribution in [0.1, 0.15) is 47.2 Å². The van der Waals surface area contributed by atoms with E-state index in [9.17, 15) is 0 Å². The van der Waals surface area contributed by atoms with Crippen LogP contribution in [0.3, 0.4) is 0 Å². The molecule has 0 fully saturated rings. The second kappa shape index (κ2) is 12.1. The van der Waals surface area contributed by atoms with Gasteiger partial charge in [-0.3, -0.25) is 0 Å². The highest BCUT2D eigenvalue weighted by Crippen LogP contribution is 2.64. The molecule has 0 bridgehead atoms. The standard InChI is InChI=1S/C58H39NO/c1-57(2)49-33-38(30-32-44(49)55-51(57)35-53-56(45-24-12-16-28-52(45)60-53)54(55)36-17-5-3-6-18-36)59(37-19-7-4-8-20-37)39-29-31-43-42-23-11-15-27-48(42)58(50(43)34-39)46-25-13-9-21-40(46)41-22-10-14-26-47(41)58/h3-35H,1-2H3. The average Bonchev–Trinajstić information content (AvgIpc) is 3.98. The van der Waals surface area contributed by atoms with E-state index in [1.807, 2.05) is 0 Å². The van der Waals surface area contributed by atoms with E-state index in [0.717, 1.165) is 33.6 Å². The van der Waals surface area contributed by atoms with Crippen molar-refractivity contribution in [3.8, 4) is 44.5 Å². The van der Waals surface area contributed by atoms with Gasteiger partial charge in [0.25, 0.3) is 0 Å². The highest BCUT2D eigenvalue weighted by molar-refractivity contribution is 6.17. The Kier molecular flexibility index (Phi) is 6.74. The highest BCUT2D eigenvalue weighted by Gasteiger charge is 2.51. The number of hydrogen-bond donors (Lipinski definition) is 0. The molecule has 2 heteroatoms. The fourth-order valence-corrected chi connectivity index (χ4v) is 11.4. The number of furan rings is 1. The Morgan fingerprint density at radius 1 is 0.367 bits per heavy atom. The molecule has 0 unspecified atom stereocenters. The van der Waals surface area contributed by atoms with Gasteiger partial charge < -0.3 is 9.32 Å². The summed E-state index contributed by atoms with van der Waals surface area (Å²) < 4.78 is 6.64. The first-order valence-electron chi connectivity index (χ1n) is 21.0. The van der Waals surface area contributed by atoms with Gasteiger partial charge in [-0.2, -0.15) is 0 Å². The minimum absolute atomic E-state index is 0.291. The zero-order valence-electron chi connectivity index (χ0n) is 33.4. The van der Waals surface area contributed by atoms with Crippen LogP contribution in [0, 0.1) is 0 Å². The van der Waals surface area contributed by atoms with Gasteiger partial charge in [0.2, 0.25) is 0 Å². The third kappa shape index (κ3) is 4.27. The van der Waals surface area contributed by atoms with Gasteiger partial charge in [-0.1, -0.05) is 166 Å². The van der Waals surface area contributed by atoms with Gasteiger partial charge in [0, 0.05) is 38.8 Å². The van der Waals surface area contributed by atoms with Crippen molar-refractivity contribution < 1.29 is 4.42 Å². The number of para-hydroxylation sites is 2. The average molecular weight is 766 g/mol. The summed E-state index contributed by atoms with van der Waals surface area (Å²) in [6.07, 6.45) is 0. The molecule has 0 N–H and O–H groups in total. The number of fused-ring (bicyclic) bond motifs is 16. The van der Waals surface area contributed by atoms with Crippen LogP contribution in [0.25, 0.3) is 66.4 Å². The van der Waals surface area contributed by atoms with E-state index < -0.39 is 5.41 Å². The van der Waals surface area contributed by atoms with Gasteiger partial charge in [0.05, 0.1) is 5.41 Å². The first kappa shape index (κ1) is 33.5. The summed E-state index contributed by atoms with van der Waals surface area (Å²) in [4.78, 5) is 2.46. The molecule has 0 aliphatic heterocycles. The maximum Gasteiger partial charge on any atom is 0.136 e. The van der Waals surface area contributed by atoms with E-state index in [0.29, 0.717) is 0 Å². The normalized spacial score (nSPS) is 14.4. The molecule has 60 heavy (non-hydrogen) atoms. The number of hydrogen-bond acceptors (Lipinski definition) is 2. The Hall–Kier alpha value is -7.42. The minimum Gasteiger partial charge on any atom is -0.456 e. The highest BCUT2D eigenvalue weighted by atomic mass is 16.3. The van der Waals surface area contributed by atoms with Gasteiger partial charge in [-0.25, -0.2) is 0 Å². The van der Waals surface area contributed by atoms with E-state index in [1.54, 1.807) is 0 Å². The molecule has 0 radical (unpaired) electrons. The van der Waals surface area contributed by atoms with E-state index in [-0.39, 0.29) is 5.41 Å². The lowest BCUT2D eigenvalue weighted by Crippen LogP contribution is -2.26. The second-order valence-electron chi connectivity index (χ2n) is 17.2. The number of anilines is 3. The quantitative estimate of drug-likeness (QED) is 0.177. The van der Waals surface area contributed by atoms with Crippen LogP contribution in [-0.2, 0) is 10.8 Å². The molecule has 10 aromatic rings. The van der Waals surface area contributed by atoms with Crippen molar-refractivity contribution >= 4 is 39.0 Å². The van der Waals surface area contributed by atoms with Crippen molar-refractivity contribution in [1.29, 1.82) is 0 Å². The lowest BCUT2D eigenvalue weighted by atomic mass is 9.70. The van der Waals surface area contributed by atoms with Crippen LogP contribution < -0.4 is 4.90 Å². The van der Waals surface area contributed by atoms with Crippen LogP contribution in [0.5, 0.6) is 0 Å². The molecule has 0 atom stereocenters. The lowest BCUT2D eigenvalue weighted by Gasteiger charge is -2.32. The Balaban J connectivity index is 1.05. The predicted octanol–water partition coefficient (Wildman–Crippen LogP) is 15.4. The zero-order chi connectivity index (χ0) is 39.7. The fraction of sp³-hybridized carbons (Fsp3) is 0.0690. The molecule has 282 valence electrons. The van der Waals surface area contributed by atoms with Crippen molar-refractivity contribution in [2.75, 3.05) is 4.90 Å². The molecule has 13 rings (SSSR count). The molecule has 3 aliphatic carbocycles. The first-order chi connectivity index (χ1) is 29.5. The van der Waals surface area contributed by atoms with Crippen molar-refractivity contribution in [1.82, 2.24) is 0 Å². The molecule has 1 aromatic heterocycles. The fourth-order valence-electron chi connectivity index (χ4n) is 11.4. The Labute approximate surface area is 349 Å². The van der Waals surface area contributed by atoms with Crippen LogP contribution in [0.15, 0.2) is 205 Å². The molecule has 1 heterocycles. The minimum atomic E-state index is -0.423. The van der Waals surface area contributed by atoms with Gasteiger partial charge in [-0.05, 0) is 121 Å². The van der Waals surface area contributed by atoms with Crippen LogP contribution in [0.4, 0.5) is 17.1 Å². The maximum absolute atomic E-state index is 6.64. The first-order valence-corrected chi connectivity index (χ1v) is 21.0. The summed E-state index contributed by atoms with van der Waals surface area (Å²) in [5.74, 6) is 0. The topological polar surface area (TPSA) is 16.4 Å². The summed E-state index contributed by atoms with van der Waals surface area (Å²) in [6.45, 7) is 4.76. The van der Waals surface area contributed by atoms with E-state index >= 15 is 0 Å². The second-order valence-corrected chi connectivity index (χ2v) is 17.2. The van der Waals surface area contributed by atoms with Gasteiger partial charge in [-0.15, -0.1) is 0 Å². The molecular formula is C58H39NO. The van der Waals surface area contributed by atoms with E-state index in [2.05, 4.69) is 219 Å². The molecule has 0 amide bonds. The Morgan fingerprint density at radius 2 is 0.883 bits per heavy atom. The zero-order valence-corrected chi connectivity index (χ0v) is 33.4. The lowest BCUT2D eigenvalue weighted by molar-refractivity contribution is 0.647. The van der Waals surface area contributed by atoms with Crippen molar-refractivity contribution in [3.63, 3.8) is 0 Å². The van der Waals surface area contributed by atoms with Crippen LogP contribution in [-0.4, -0.2) is 0 Å². The molecule has 9 aromatic carbocycles. The van der Waals surface area contributed by atoms with E-state index in [4.69, 9.17) is 4.42 Å². The van der Waals surface area contributed by atoms with Crippen LogP contribution in [0.2, 0.25) is 0 Å². The van der Waals surface area contributed by atoms with Crippen molar-refractivity contribution in [2.24, 2.45) is 0 Å². The molecule has 3 aliphatic rings. The summed E-state index contributed by atoms with van der Waals surface area (Å²) in [5, 5.41) is 2.33. The summed E-state index contributed by atoms with van der Waals surface area (Å²) >= 11 is 0. The van der Waals surface area contributed by atoms with Crippen molar-refractivity contribution in [2.45, 2.75) is 24.7 Å². The molecule has 0 saturated carbocycles. The summed E-state index contributed by atoms with van der Waals surface area (Å²) in [6, 6.07) is 74.0. The number of benzene rings is 9. The number of nitrogens with zero attached hydrogens (tertiary/aromatic N) is 1. The Morgan fingerprint density at radius 3 is 1.53 bits per heavy atom. The Bertz CT molecular complexity index is 3340. The predicted molar refractivity (Wildman–Crippen MR) is 248 cm³/mol. The van der Waals surface area contributed by atoms with Gasteiger partial charge in [0.1, 0.15) is 11.2 Å². The molecule has 1 spiro atoms. The largest absolute Gasteiger partial charge is 0.456 e. The molecule has 2 nitrogen and oxygen atoms in total. The van der Waals surface area contributed by atoms with Crippen LogP contribution >= 0.6 is 0 Å². The van der Waals surface area contributed by atoms with E-state index in [1.165, 1.54) is 83.3 Å². The SMILES string of the molecule is CC1(C)c2cc(N(c3ccccc3)c3ccc4c(c3)C3(c5ccccc5-c5ccccc53)c3ccccc3-4)ccc2-c2c1cc1oc3ccccc3c1c2-c1ccccc1. The summed E-state index contributed by atoms with van der Waals surface area (Å²) in [7, 11) is 0. The monoisotopic (exact) mass is 765 g/mol. The van der Waals surface area contributed by atoms with Crippen molar-refractivity contribution in [3.05, 3.63) is 234 Å². The maximum atomic E-state index is 6.64. The van der Waals surface area contributed by atoms with Gasteiger partial charge in [0.15, 0.2) is 0 Å². The molecule has 0 saturated heterocycles. The molecular weight excluding hydrogens is 727 g/mol. The third-order valence-corrected chi connectivity index (χ3v) is 13.9. The third-order valence-electron chi connectivity index (χ3n) is 13.9. The summed E-state index contributed by atoms with van der Waals surface area (Å²) in [5.41, 5.74) is 22.8.